The number of carbonyl (C=O) groups is 1. The number of rotatable bonds is 6. The van der Waals surface area contributed by atoms with Crippen LogP contribution in [0.1, 0.15) is 24.9 Å². The average molecular weight is 265 g/mol. The molecule has 0 fully saturated rings. The molecule has 104 valence electrons. The normalized spacial score (nSPS) is 11.9. The van der Waals surface area contributed by atoms with Crippen molar-refractivity contribution in [2.45, 2.75) is 19.4 Å². The summed E-state index contributed by atoms with van der Waals surface area (Å²) in [6.07, 6.45) is 0.409. The first kappa shape index (κ1) is 15.1. The van der Waals surface area contributed by atoms with Crippen LogP contribution in [0.15, 0.2) is 24.3 Å². The Hall–Kier alpha value is -1.95. The van der Waals surface area contributed by atoms with Crippen LogP contribution in [0.5, 0.6) is 0 Å². The van der Waals surface area contributed by atoms with E-state index in [-0.39, 0.29) is 17.6 Å². The fourth-order valence-corrected chi connectivity index (χ4v) is 1.75. The molecule has 1 unspecified atom stereocenters. The summed E-state index contributed by atoms with van der Waals surface area (Å²) in [5.74, 6) is 0.00774. The second-order valence-electron chi connectivity index (χ2n) is 4.39. The Bertz CT molecular complexity index is 462. The Balaban J connectivity index is 2.81. The molecule has 0 bridgehead atoms. The van der Waals surface area contributed by atoms with Crippen LogP contribution in [0.2, 0.25) is 0 Å². The van der Waals surface area contributed by atoms with Crippen LogP contribution in [0, 0.1) is 10.1 Å². The molecule has 1 rings (SSSR count). The lowest BCUT2D eigenvalue weighted by Gasteiger charge is -2.25. The summed E-state index contributed by atoms with van der Waals surface area (Å²) in [6.45, 7) is 2.47. The summed E-state index contributed by atoms with van der Waals surface area (Å²) in [5, 5.41) is 13.7. The summed E-state index contributed by atoms with van der Waals surface area (Å²) in [6, 6.07) is 6.19. The summed E-state index contributed by atoms with van der Waals surface area (Å²) < 4.78 is 0. The summed E-state index contributed by atoms with van der Waals surface area (Å²) in [7, 11) is 3.50. The molecule has 1 amide bonds. The maximum Gasteiger partial charge on any atom is 0.269 e. The molecule has 6 nitrogen and oxygen atoms in total. The Labute approximate surface area is 112 Å². The Morgan fingerprint density at radius 3 is 2.79 bits per heavy atom. The molecule has 0 saturated carbocycles. The topological polar surface area (TPSA) is 75.5 Å². The Morgan fingerprint density at radius 1 is 1.53 bits per heavy atom. The van der Waals surface area contributed by atoms with Crippen LogP contribution >= 0.6 is 0 Å². The molecular formula is C13H19N3O3. The van der Waals surface area contributed by atoms with Crippen LogP contribution in [0.25, 0.3) is 0 Å². The first-order chi connectivity index (χ1) is 8.97. The standard InChI is InChI=1S/C13H19N3O3/c1-10(15(3)13(17)7-8-14-2)11-5-4-6-12(9-11)16(18)19/h4-6,9-10,14H,7-8H2,1-3H3. The highest BCUT2D eigenvalue weighted by molar-refractivity contribution is 5.76. The van der Waals surface area contributed by atoms with Crippen LogP contribution in [-0.4, -0.2) is 36.4 Å². The van der Waals surface area contributed by atoms with Gasteiger partial charge in [0.25, 0.3) is 5.69 Å². The third-order valence-corrected chi connectivity index (χ3v) is 3.13. The lowest BCUT2D eigenvalue weighted by atomic mass is 10.1. The van der Waals surface area contributed by atoms with Crippen LogP contribution < -0.4 is 5.32 Å². The van der Waals surface area contributed by atoms with Gasteiger partial charge in [0.05, 0.1) is 11.0 Å². The average Bonchev–Trinajstić information content (AvgIpc) is 2.43. The van der Waals surface area contributed by atoms with Gasteiger partial charge < -0.3 is 10.2 Å². The SMILES string of the molecule is CNCCC(=O)N(C)C(C)c1cccc([N+](=O)[O-])c1. The zero-order chi connectivity index (χ0) is 14.4. The van der Waals surface area contributed by atoms with Crippen molar-refractivity contribution in [3.63, 3.8) is 0 Å². The van der Waals surface area contributed by atoms with Crippen LogP contribution in [0.4, 0.5) is 5.69 Å². The van der Waals surface area contributed by atoms with Crippen molar-refractivity contribution in [2.75, 3.05) is 20.6 Å². The lowest BCUT2D eigenvalue weighted by Crippen LogP contribution is -2.31. The molecule has 0 radical (unpaired) electrons. The third-order valence-electron chi connectivity index (χ3n) is 3.13. The molecule has 0 spiro atoms. The van der Waals surface area contributed by atoms with E-state index in [1.165, 1.54) is 12.1 Å². The van der Waals surface area contributed by atoms with Gasteiger partial charge in [0.15, 0.2) is 0 Å². The summed E-state index contributed by atoms with van der Waals surface area (Å²) in [5.41, 5.74) is 0.801. The minimum atomic E-state index is -0.432. The molecule has 6 heteroatoms. The van der Waals surface area contributed by atoms with Crippen LogP contribution in [-0.2, 0) is 4.79 Å². The molecule has 0 aliphatic rings. The minimum Gasteiger partial charge on any atom is -0.339 e. The molecule has 1 aromatic carbocycles. The number of nitro groups is 1. The van der Waals surface area contributed by atoms with Gasteiger partial charge in [-0.1, -0.05) is 12.1 Å². The van der Waals surface area contributed by atoms with Crippen molar-refractivity contribution in [3.8, 4) is 0 Å². The van der Waals surface area contributed by atoms with Gasteiger partial charge in [-0.25, -0.2) is 0 Å². The van der Waals surface area contributed by atoms with Gasteiger partial charge in [0, 0.05) is 32.1 Å². The van der Waals surface area contributed by atoms with E-state index in [1.807, 2.05) is 6.92 Å². The second kappa shape index (κ2) is 6.84. The fourth-order valence-electron chi connectivity index (χ4n) is 1.75. The van der Waals surface area contributed by atoms with Crippen LogP contribution in [0.3, 0.4) is 0 Å². The van der Waals surface area contributed by atoms with E-state index >= 15 is 0 Å². The van der Waals surface area contributed by atoms with Crippen molar-refractivity contribution in [2.24, 2.45) is 0 Å². The number of nitrogens with one attached hydrogen (secondary N) is 1. The monoisotopic (exact) mass is 265 g/mol. The number of nitro benzene ring substituents is 1. The molecule has 0 aliphatic heterocycles. The highest BCUT2D eigenvalue weighted by Crippen LogP contribution is 2.23. The number of carbonyl (C=O) groups excluding carboxylic acids is 1. The van der Waals surface area contributed by atoms with E-state index < -0.39 is 4.92 Å². The number of benzene rings is 1. The number of nitrogens with zero attached hydrogens (tertiary/aromatic N) is 2. The first-order valence-electron chi connectivity index (χ1n) is 6.12. The first-order valence-corrected chi connectivity index (χ1v) is 6.12. The lowest BCUT2D eigenvalue weighted by molar-refractivity contribution is -0.384. The predicted octanol–water partition coefficient (Wildman–Crippen LogP) is 1.72. The van der Waals surface area contributed by atoms with Gasteiger partial charge in [0.2, 0.25) is 5.91 Å². The highest BCUT2D eigenvalue weighted by Gasteiger charge is 2.18. The van der Waals surface area contributed by atoms with Gasteiger partial charge in [-0.3, -0.25) is 14.9 Å². The van der Waals surface area contributed by atoms with Crippen molar-refractivity contribution in [3.05, 3.63) is 39.9 Å². The number of amides is 1. The fraction of sp³-hybridized carbons (Fsp3) is 0.462. The van der Waals surface area contributed by atoms with Gasteiger partial charge >= 0.3 is 0 Å². The molecular weight excluding hydrogens is 246 g/mol. The van der Waals surface area contributed by atoms with E-state index in [1.54, 1.807) is 31.1 Å². The Morgan fingerprint density at radius 2 is 2.21 bits per heavy atom. The highest BCUT2D eigenvalue weighted by atomic mass is 16.6. The summed E-state index contributed by atoms with van der Waals surface area (Å²) >= 11 is 0. The van der Waals surface area contributed by atoms with Gasteiger partial charge in [-0.15, -0.1) is 0 Å². The number of non-ortho nitro benzene ring substituents is 1. The minimum absolute atomic E-state index is 0.00774. The molecule has 1 aromatic rings. The largest absolute Gasteiger partial charge is 0.339 e. The van der Waals surface area contributed by atoms with Crippen molar-refractivity contribution in [1.29, 1.82) is 0 Å². The van der Waals surface area contributed by atoms with E-state index in [4.69, 9.17) is 0 Å². The second-order valence-corrected chi connectivity index (χ2v) is 4.39. The molecule has 0 aliphatic carbocycles. The predicted molar refractivity (Wildman–Crippen MR) is 72.8 cm³/mol. The summed E-state index contributed by atoms with van der Waals surface area (Å²) in [4.78, 5) is 23.8. The van der Waals surface area contributed by atoms with E-state index in [0.29, 0.717) is 13.0 Å². The number of hydrogen-bond acceptors (Lipinski definition) is 4. The van der Waals surface area contributed by atoms with Crippen molar-refractivity contribution < 1.29 is 9.72 Å². The number of hydrogen-bond donors (Lipinski definition) is 1. The molecule has 1 atom stereocenters. The maximum absolute atomic E-state index is 11.9. The molecule has 0 aromatic heterocycles. The van der Waals surface area contributed by atoms with Crippen molar-refractivity contribution in [1.82, 2.24) is 10.2 Å². The third kappa shape index (κ3) is 4.03. The maximum atomic E-state index is 11.9. The molecule has 1 N–H and O–H groups in total. The van der Waals surface area contributed by atoms with Gasteiger partial charge in [-0.2, -0.15) is 0 Å². The molecule has 19 heavy (non-hydrogen) atoms. The smallest absolute Gasteiger partial charge is 0.269 e. The molecule has 0 heterocycles. The van der Waals surface area contributed by atoms with E-state index in [0.717, 1.165) is 5.56 Å². The van der Waals surface area contributed by atoms with E-state index in [9.17, 15) is 14.9 Å². The molecule has 0 saturated heterocycles. The Kier molecular flexibility index (Phi) is 5.44. The van der Waals surface area contributed by atoms with Gasteiger partial charge in [-0.05, 0) is 19.5 Å². The van der Waals surface area contributed by atoms with E-state index in [2.05, 4.69) is 5.32 Å². The van der Waals surface area contributed by atoms with Crippen molar-refractivity contribution >= 4 is 11.6 Å². The quantitative estimate of drug-likeness (QED) is 0.627. The van der Waals surface area contributed by atoms with Gasteiger partial charge in [0.1, 0.15) is 0 Å². The zero-order valence-electron chi connectivity index (χ0n) is 11.4. The zero-order valence-corrected chi connectivity index (χ0v) is 11.4.